The molecule has 2 aromatic rings. The summed E-state index contributed by atoms with van der Waals surface area (Å²) in [5.41, 5.74) is 0.519. The summed E-state index contributed by atoms with van der Waals surface area (Å²) in [5.74, 6) is -1.78. The van der Waals surface area contributed by atoms with E-state index in [-0.39, 0.29) is 17.0 Å². The maximum absolute atomic E-state index is 13.3. The number of β-lactam (4-membered cyclic amide) rings is 1. The van der Waals surface area contributed by atoms with Crippen molar-refractivity contribution in [2.24, 2.45) is 0 Å². The van der Waals surface area contributed by atoms with E-state index < -0.39 is 40.1 Å². The van der Waals surface area contributed by atoms with Crippen molar-refractivity contribution in [3.8, 4) is 0 Å². The molecular formula is C23H20ClN3O4S. The van der Waals surface area contributed by atoms with Crippen molar-refractivity contribution in [1.29, 1.82) is 0 Å². The van der Waals surface area contributed by atoms with Gasteiger partial charge < -0.3 is 4.90 Å². The van der Waals surface area contributed by atoms with Gasteiger partial charge in [-0.3, -0.25) is 28.4 Å². The molecule has 3 heterocycles. The molecule has 3 atom stereocenters. The molecule has 2 saturated heterocycles. The number of hydrogen-bond acceptors (Lipinski definition) is 5. The Kier molecular flexibility index (Phi) is 4.83. The molecule has 7 nitrogen and oxygen atoms in total. The minimum absolute atomic E-state index is 0.219. The monoisotopic (exact) mass is 469 g/mol. The third kappa shape index (κ3) is 2.97. The molecule has 2 aromatic carbocycles. The number of benzene rings is 2. The normalized spacial score (nSPS) is 26.6. The highest BCUT2D eigenvalue weighted by molar-refractivity contribution is 7.99. The summed E-state index contributed by atoms with van der Waals surface area (Å²) < 4.78 is 1.02. The van der Waals surface area contributed by atoms with Crippen LogP contribution in [0.4, 0.5) is 0 Å². The summed E-state index contributed by atoms with van der Waals surface area (Å²) in [6.45, 7) is 4.18. The Hall–Kier alpha value is -2.84. The van der Waals surface area contributed by atoms with Crippen LogP contribution in [0.15, 0.2) is 54.6 Å². The Bertz CT molecular complexity index is 1120. The summed E-state index contributed by atoms with van der Waals surface area (Å²) in [7, 11) is 0. The van der Waals surface area contributed by atoms with Crippen molar-refractivity contribution < 1.29 is 19.2 Å². The molecule has 0 saturated carbocycles. The van der Waals surface area contributed by atoms with Crippen LogP contribution in [0, 0.1) is 0 Å². The fourth-order valence-corrected chi connectivity index (χ4v) is 6.27. The lowest BCUT2D eigenvalue weighted by Crippen LogP contribution is -2.74. The summed E-state index contributed by atoms with van der Waals surface area (Å²) in [4.78, 5) is 54.3. The van der Waals surface area contributed by atoms with Crippen molar-refractivity contribution >= 4 is 47.2 Å². The molecule has 5 rings (SSSR count). The third-order valence-corrected chi connectivity index (χ3v) is 7.74. The largest absolute Gasteiger partial charge is 0.308 e. The topological polar surface area (TPSA) is 78.0 Å². The molecule has 0 spiro atoms. The number of hydrogen-bond donors (Lipinski definition) is 0. The zero-order valence-electron chi connectivity index (χ0n) is 17.4. The van der Waals surface area contributed by atoms with Gasteiger partial charge in [0.05, 0.1) is 22.4 Å². The van der Waals surface area contributed by atoms with Gasteiger partial charge in [0.25, 0.3) is 23.6 Å². The molecule has 3 aliphatic heterocycles. The zero-order valence-corrected chi connectivity index (χ0v) is 19.0. The van der Waals surface area contributed by atoms with E-state index >= 15 is 0 Å². The quantitative estimate of drug-likeness (QED) is 0.226. The van der Waals surface area contributed by atoms with Crippen LogP contribution in [0.5, 0.6) is 0 Å². The zero-order chi connectivity index (χ0) is 22.8. The van der Waals surface area contributed by atoms with Crippen LogP contribution < -0.4 is 0 Å². The van der Waals surface area contributed by atoms with E-state index in [1.165, 1.54) is 16.8 Å². The molecule has 3 aliphatic rings. The van der Waals surface area contributed by atoms with Crippen LogP contribution in [0.25, 0.3) is 0 Å². The number of nitrogens with zero attached hydrogens (tertiary/aromatic N) is 3. The van der Waals surface area contributed by atoms with Gasteiger partial charge in [-0.2, -0.15) is 0 Å². The van der Waals surface area contributed by atoms with Gasteiger partial charge in [-0.25, -0.2) is 0 Å². The molecule has 4 amide bonds. The first-order valence-corrected chi connectivity index (χ1v) is 11.4. The molecule has 2 fully saturated rings. The van der Waals surface area contributed by atoms with Crippen molar-refractivity contribution in [2.75, 3.05) is 0 Å². The predicted octanol–water partition coefficient (Wildman–Crippen LogP) is 2.90. The van der Waals surface area contributed by atoms with Crippen LogP contribution in [0.2, 0.25) is 0 Å². The smallest absolute Gasteiger partial charge is 0.262 e. The first-order valence-electron chi connectivity index (χ1n) is 10.2. The van der Waals surface area contributed by atoms with E-state index in [4.69, 9.17) is 11.6 Å². The molecule has 0 bridgehead atoms. The molecule has 164 valence electrons. The number of amides is 4. The first kappa shape index (κ1) is 21.0. The summed E-state index contributed by atoms with van der Waals surface area (Å²) in [5, 5.41) is 0. The van der Waals surface area contributed by atoms with Crippen LogP contribution in [0.3, 0.4) is 0 Å². The van der Waals surface area contributed by atoms with Crippen LogP contribution in [-0.4, -0.2) is 60.1 Å². The average Bonchev–Trinajstić information content (AvgIpc) is 3.14. The minimum atomic E-state index is -1.12. The number of carbonyl (C=O) groups excluding carboxylic acids is 4. The summed E-state index contributed by atoms with van der Waals surface area (Å²) >= 11 is 7.96. The highest BCUT2D eigenvalue weighted by Crippen LogP contribution is 2.47. The Morgan fingerprint density at radius 1 is 0.875 bits per heavy atom. The van der Waals surface area contributed by atoms with Crippen LogP contribution in [-0.2, 0) is 16.1 Å². The molecule has 0 radical (unpaired) electrons. The average molecular weight is 470 g/mol. The van der Waals surface area contributed by atoms with E-state index in [0.717, 1.165) is 10.5 Å². The summed E-state index contributed by atoms with van der Waals surface area (Å²) in [6.07, 6.45) is 0. The molecule has 0 N–H and O–H groups in total. The lowest BCUT2D eigenvalue weighted by molar-refractivity contribution is -0.160. The standard InChI is InChI=1S/C23H20ClN3O4S/c1-23(2)17(22(31)25(32-23)12-13-8-4-3-5-9-13)27-18(24)16(21(27)30)26-19(28)14-10-6-7-11-15(14)20(26)29/h3-11,16-18H,12H2,1-2H3/t16-,17-,18+/m0/s1. The van der Waals surface area contributed by atoms with Gasteiger partial charge in [-0.1, -0.05) is 54.1 Å². The predicted molar refractivity (Wildman–Crippen MR) is 120 cm³/mol. The van der Waals surface area contributed by atoms with Gasteiger partial charge in [-0.05, 0) is 43.5 Å². The van der Waals surface area contributed by atoms with Gasteiger partial charge in [0.2, 0.25) is 0 Å². The second kappa shape index (κ2) is 7.35. The number of alkyl halides is 1. The highest BCUT2D eigenvalue weighted by atomic mass is 35.5. The maximum atomic E-state index is 13.3. The third-order valence-electron chi connectivity index (χ3n) is 6.07. The van der Waals surface area contributed by atoms with Gasteiger partial charge >= 0.3 is 0 Å². The van der Waals surface area contributed by atoms with E-state index in [1.807, 2.05) is 44.2 Å². The van der Waals surface area contributed by atoms with E-state index in [2.05, 4.69) is 0 Å². The Morgan fingerprint density at radius 2 is 1.44 bits per heavy atom. The van der Waals surface area contributed by atoms with Crippen molar-refractivity contribution in [3.05, 3.63) is 71.3 Å². The fourth-order valence-electron chi connectivity index (χ4n) is 4.55. The molecule has 9 heteroatoms. The van der Waals surface area contributed by atoms with Gasteiger partial charge in [0, 0.05) is 0 Å². The van der Waals surface area contributed by atoms with E-state index in [9.17, 15) is 19.2 Å². The highest BCUT2D eigenvalue weighted by Gasteiger charge is 2.63. The Labute approximate surface area is 194 Å². The van der Waals surface area contributed by atoms with Gasteiger partial charge in [0.15, 0.2) is 6.04 Å². The molecular weight excluding hydrogens is 450 g/mol. The van der Waals surface area contributed by atoms with Gasteiger partial charge in [-0.15, -0.1) is 0 Å². The van der Waals surface area contributed by atoms with Crippen molar-refractivity contribution in [3.63, 3.8) is 0 Å². The number of carbonyl (C=O) groups is 4. The Balaban J connectivity index is 1.38. The maximum Gasteiger partial charge on any atom is 0.262 e. The van der Waals surface area contributed by atoms with Crippen molar-refractivity contribution in [2.45, 2.75) is 42.7 Å². The number of imide groups is 1. The lowest BCUT2D eigenvalue weighted by Gasteiger charge is -2.50. The molecule has 0 aliphatic carbocycles. The van der Waals surface area contributed by atoms with Crippen LogP contribution in [0.1, 0.15) is 40.1 Å². The molecule has 0 unspecified atom stereocenters. The number of halogens is 1. The summed E-state index contributed by atoms with van der Waals surface area (Å²) in [6, 6.07) is 14.1. The number of likely N-dealkylation sites (tertiary alicyclic amines) is 1. The fraction of sp³-hybridized carbons (Fsp3) is 0.304. The lowest BCUT2D eigenvalue weighted by atomic mass is 9.93. The minimum Gasteiger partial charge on any atom is -0.308 e. The second-order valence-corrected chi connectivity index (χ2v) is 10.7. The van der Waals surface area contributed by atoms with Crippen LogP contribution >= 0.6 is 23.5 Å². The Morgan fingerprint density at radius 3 is 2.00 bits per heavy atom. The van der Waals surface area contributed by atoms with E-state index in [0.29, 0.717) is 6.54 Å². The number of rotatable bonds is 4. The van der Waals surface area contributed by atoms with Crippen molar-refractivity contribution in [1.82, 2.24) is 14.1 Å². The van der Waals surface area contributed by atoms with Gasteiger partial charge in [0.1, 0.15) is 11.5 Å². The molecule has 32 heavy (non-hydrogen) atoms. The molecule has 0 aromatic heterocycles. The van der Waals surface area contributed by atoms with E-state index in [1.54, 1.807) is 28.6 Å². The first-order chi connectivity index (χ1) is 15.2. The SMILES string of the molecule is CC1(C)SN(Cc2ccccc2)C(=O)[C@@H]1N1C(=O)[C@@H](N2C(=O)c3ccccc3C2=O)[C@@H]1Cl. The second-order valence-electron chi connectivity index (χ2n) is 8.55. The number of fused-ring (bicyclic) bond motifs is 1.